The summed E-state index contributed by atoms with van der Waals surface area (Å²) in [5, 5.41) is 6.93. The van der Waals surface area contributed by atoms with Gasteiger partial charge in [-0.1, -0.05) is 48.5 Å². The average molecular weight is 369 g/mol. The Kier molecular flexibility index (Phi) is 5.94. The third-order valence-electron chi connectivity index (χ3n) is 3.69. The second-order valence-corrected chi connectivity index (χ2v) is 5.60. The molecule has 0 atom stereocenters. The minimum atomic E-state index is -2.93. The van der Waals surface area contributed by atoms with Gasteiger partial charge in [0.1, 0.15) is 11.6 Å². The Morgan fingerprint density at radius 2 is 1.85 bits per heavy atom. The third-order valence-corrected chi connectivity index (χ3v) is 3.69. The fraction of sp³-hybridized carbons (Fsp3) is 0.100. The minimum absolute atomic E-state index is 0.00525. The average Bonchev–Trinajstić information content (AvgIpc) is 3.08. The number of benzene rings is 2. The molecule has 0 aliphatic carbocycles. The first kappa shape index (κ1) is 18.3. The smallest absolute Gasteiger partial charge is 0.387 e. The molecule has 0 fully saturated rings. The van der Waals surface area contributed by atoms with Gasteiger partial charge in [-0.2, -0.15) is 13.9 Å². The lowest BCUT2D eigenvalue weighted by molar-refractivity contribution is -0.111. The number of ether oxygens (including phenoxy) is 1. The zero-order valence-electron chi connectivity index (χ0n) is 14.3. The molecule has 0 unspecified atom stereocenters. The molecule has 0 saturated heterocycles. The topological polar surface area (TPSA) is 56.1 Å². The number of anilines is 1. The lowest BCUT2D eigenvalue weighted by atomic mass is 10.2. The molecule has 0 spiro atoms. The van der Waals surface area contributed by atoms with E-state index in [2.05, 4.69) is 15.2 Å². The normalized spacial score (nSPS) is 11.1. The molecule has 7 heteroatoms. The van der Waals surface area contributed by atoms with E-state index in [9.17, 15) is 13.6 Å². The van der Waals surface area contributed by atoms with Crippen LogP contribution < -0.4 is 10.1 Å². The van der Waals surface area contributed by atoms with Crippen molar-refractivity contribution in [2.45, 2.75) is 13.2 Å². The van der Waals surface area contributed by atoms with Gasteiger partial charge < -0.3 is 10.1 Å². The maximum atomic E-state index is 12.4. The van der Waals surface area contributed by atoms with E-state index in [0.717, 1.165) is 5.56 Å². The van der Waals surface area contributed by atoms with Crippen molar-refractivity contribution in [3.63, 3.8) is 0 Å². The summed E-state index contributed by atoms with van der Waals surface area (Å²) >= 11 is 0. The first-order valence-electron chi connectivity index (χ1n) is 8.20. The molecule has 5 nitrogen and oxygen atoms in total. The number of hydrogen-bond acceptors (Lipinski definition) is 3. The van der Waals surface area contributed by atoms with Crippen molar-refractivity contribution in [1.82, 2.24) is 9.78 Å². The van der Waals surface area contributed by atoms with Gasteiger partial charge in [-0.25, -0.2) is 4.68 Å². The fourth-order valence-corrected chi connectivity index (χ4v) is 2.48. The van der Waals surface area contributed by atoms with Gasteiger partial charge in [-0.05, 0) is 17.7 Å². The van der Waals surface area contributed by atoms with Crippen LogP contribution in [0.25, 0.3) is 6.08 Å². The number of halogens is 2. The predicted molar refractivity (Wildman–Crippen MR) is 98.5 cm³/mol. The summed E-state index contributed by atoms with van der Waals surface area (Å²) in [6, 6.07) is 17.7. The highest BCUT2D eigenvalue weighted by atomic mass is 19.3. The lowest BCUT2D eigenvalue weighted by Gasteiger charge is -2.08. The Bertz CT molecular complexity index is 924. The Hall–Kier alpha value is -3.48. The molecule has 2 aromatic carbocycles. The van der Waals surface area contributed by atoms with E-state index in [4.69, 9.17) is 0 Å². The highest BCUT2D eigenvalue weighted by Crippen LogP contribution is 2.21. The molecule has 0 bridgehead atoms. The van der Waals surface area contributed by atoms with Crippen LogP contribution in [0.2, 0.25) is 0 Å². The van der Waals surface area contributed by atoms with Gasteiger partial charge in [-0.3, -0.25) is 4.79 Å². The number of amides is 1. The van der Waals surface area contributed by atoms with E-state index in [1.807, 2.05) is 30.3 Å². The number of nitrogens with one attached hydrogen (secondary N) is 1. The molecule has 1 heterocycles. The number of rotatable bonds is 7. The fourth-order valence-electron chi connectivity index (χ4n) is 2.48. The molecule has 138 valence electrons. The molecule has 1 N–H and O–H groups in total. The van der Waals surface area contributed by atoms with Crippen molar-refractivity contribution >= 4 is 17.8 Å². The lowest BCUT2D eigenvalue weighted by Crippen LogP contribution is -2.13. The van der Waals surface area contributed by atoms with Crippen LogP contribution in [0.5, 0.6) is 5.75 Å². The minimum Gasteiger partial charge on any atom is -0.434 e. The van der Waals surface area contributed by atoms with Crippen LogP contribution in [0.15, 0.2) is 72.9 Å². The van der Waals surface area contributed by atoms with Crippen LogP contribution in [0.4, 0.5) is 14.6 Å². The van der Waals surface area contributed by atoms with Gasteiger partial charge in [0.2, 0.25) is 5.91 Å². The molecule has 3 rings (SSSR count). The number of aromatic nitrogens is 2. The number of nitrogens with zero attached hydrogens (tertiary/aromatic N) is 2. The summed E-state index contributed by atoms with van der Waals surface area (Å²) < 4.78 is 31.0. The van der Waals surface area contributed by atoms with Crippen molar-refractivity contribution in [3.8, 4) is 5.75 Å². The summed E-state index contributed by atoms with van der Waals surface area (Å²) in [6.45, 7) is -2.42. The third kappa shape index (κ3) is 5.24. The summed E-state index contributed by atoms with van der Waals surface area (Å²) in [4.78, 5) is 12.2. The summed E-state index contributed by atoms with van der Waals surface area (Å²) in [6.07, 6.45) is 4.27. The number of para-hydroxylation sites is 1. The van der Waals surface area contributed by atoms with Crippen molar-refractivity contribution in [3.05, 3.63) is 84.1 Å². The van der Waals surface area contributed by atoms with E-state index < -0.39 is 12.5 Å². The van der Waals surface area contributed by atoms with Crippen LogP contribution in [0, 0.1) is 0 Å². The van der Waals surface area contributed by atoms with Gasteiger partial charge >= 0.3 is 6.61 Å². The second kappa shape index (κ2) is 8.75. The van der Waals surface area contributed by atoms with Crippen molar-refractivity contribution < 1.29 is 18.3 Å². The van der Waals surface area contributed by atoms with E-state index in [1.54, 1.807) is 35.1 Å². The Labute approximate surface area is 154 Å². The first-order valence-corrected chi connectivity index (χ1v) is 8.20. The van der Waals surface area contributed by atoms with E-state index in [-0.39, 0.29) is 5.75 Å². The summed E-state index contributed by atoms with van der Waals surface area (Å²) in [5.74, 6) is 0.132. The van der Waals surface area contributed by atoms with Gasteiger partial charge in [0.25, 0.3) is 0 Å². The zero-order chi connectivity index (χ0) is 19.1. The van der Waals surface area contributed by atoms with Gasteiger partial charge in [0.05, 0.1) is 12.7 Å². The molecule has 0 aliphatic heterocycles. The van der Waals surface area contributed by atoms with Crippen molar-refractivity contribution in [1.29, 1.82) is 0 Å². The molecular weight excluding hydrogens is 352 g/mol. The van der Waals surface area contributed by atoms with E-state index >= 15 is 0 Å². The molecule has 0 saturated carbocycles. The number of hydrogen-bond donors (Lipinski definition) is 1. The molecule has 1 aromatic heterocycles. The van der Waals surface area contributed by atoms with Crippen molar-refractivity contribution in [2.75, 3.05) is 5.32 Å². The summed E-state index contributed by atoms with van der Waals surface area (Å²) in [5.41, 5.74) is 1.43. The largest absolute Gasteiger partial charge is 0.434 e. The maximum absolute atomic E-state index is 12.4. The van der Waals surface area contributed by atoms with E-state index in [0.29, 0.717) is 17.9 Å². The standard InChI is InChI=1S/C20H17F2N3O2/c21-20(22)27-17-9-5-4-8-16(17)10-11-19(26)24-18-12-13-23-25(18)14-15-6-2-1-3-7-15/h1-13,20H,14H2,(H,24,26). The Morgan fingerprint density at radius 3 is 2.63 bits per heavy atom. The second-order valence-electron chi connectivity index (χ2n) is 5.60. The Balaban J connectivity index is 1.67. The SMILES string of the molecule is O=C(C=Cc1ccccc1OC(F)F)Nc1ccnn1Cc1ccccc1. The zero-order valence-corrected chi connectivity index (χ0v) is 14.3. The molecule has 27 heavy (non-hydrogen) atoms. The van der Waals surface area contributed by atoms with Crippen LogP contribution in [0.1, 0.15) is 11.1 Å². The molecular formula is C20H17F2N3O2. The maximum Gasteiger partial charge on any atom is 0.387 e. The van der Waals surface area contributed by atoms with Gasteiger partial charge in [-0.15, -0.1) is 0 Å². The van der Waals surface area contributed by atoms with Crippen LogP contribution in [-0.4, -0.2) is 22.3 Å². The van der Waals surface area contributed by atoms with Gasteiger partial charge in [0.15, 0.2) is 0 Å². The quantitative estimate of drug-likeness (QED) is 0.636. The molecule has 0 radical (unpaired) electrons. The monoisotopic (exact) mass is 369 g/mol. The van der Waals surface area contributed by atoms with Crippen LogP contribution in [-0.2, 0) is 11.3 Å². The highest BCUT2D eigenvalue weighted by molar-refractivity contribution is 6.01. The number of alkyl halides is 2. The van der Waals surface area contributed by atoms with Gasteiger partial charge in [0, 0.05) is 17.7 Å². The van der Waals surface area contributed by atoms with E-state index in [1.165, 1.54) is 18.2 Å². The van der Waals surface area contributed by atoms with Crippen LogP contribution >= 0.6 is 0 Å². The molecule has 3 aromatic rings. The summed E-state index contributed by atoms with van der Waals surface area (Å²) in [7, 11) is 0. The molecule has 0 aliphatic rings. The van der Waals surface area contributed by atoms with Crippen LogP contribution in [0.3, 0.4) is 0 Å². The Morgan fingerprint density at radius 1 is 1.11 bits per heavy atom. The molecule has 1 amide bonds. The highest BCUT2D eigenvalue weighted by Gasteiger charge is 2.09. The number of carbonyl (C=O) groups excluding carboxylic acids is 1. The van der Waals surface area contributed by atoms with Crippen molar-refractivity contribution in [2.24, 2.45) is 0 Å². The number of carbonyl (C=O) groups is 1. The predicted octanol–water partition coefficient (Wildman–Crippen LogP) is 4.18. The first-order chi connectivity index (χ1) is 13.1.